The van der Waals surface area contributed by atoms with Crippen LogP contribution < -0.4 is 16.2 Å². The molecule has 0 aliphatic heterocycles. The van der Waals surface area contributed by atoms with E-state index in [-0.39, 0.29) is 17.3 Å². The topological polar surface area (TPSA) is 111 Å². The summed E-state index contributed by atoms with van der Waals surface area (Å²) in [6.07, 6.45) is 1.28. The molecule has 3 rings (SSSR count). The van der Waals surface area contributed by atoms with Crippen molar-refractivity contribution in [3.63, 3.8) is 0 Å². The molecule has 25 heavy (non-hydrogen) atoms. The number of para-hydroxylation sites is 1. The monoisotopic (exact) mass is 335 g/mol. The molecule has 1 aromatic heterocycles. The van der Waals surface area contributed by atoms with Crippen LogP contribution in [0.4, 0.5) is 11.6 Å². The minimum Gasteiger partial charge on any atom is -0.457 e. The molecule has 0 unspecified atom stereocenters. The lowest BCUT2D eigenvalue weighted by molar-refractivity contribution is 0.482. The third kappa shape index (κ3) is 4.32. The van der Waals surface area contributed by atoms with E-state index in [2.05, 4.69) is 9.97 Å². The summed E-state index contributed by atoms with van der Waals surface area (Å²) in [4.78, 5) is 7.76. The number of hydrogen-bond acceptors (Lipinski definition) is 6. The van der Waals surface area contributed by atoms with Crippen LogP contribution in [0.25, 0.3) is 0 Å². The molecule has 0 spiro atoms. The fourth-order valence-corrected chi connectivity index (χ4v) is 2.13. The van der Waals surface area contributed by atoms with Gasteiger partial charge in [0.25, 0.3) is 0 Å². The Kier molecular flexibility index (Phi) is 6.06. The van der Waals surface area contributed by atoms with Gasteiger partial charge in [0.1, 0.15) is 29.5 Å². The first-order chi connectivity index (χ1) is 12.1. The number of nitrogens with zero attached hydrogens (tertiary/aromatic N) is 2. The van der Waals surface area contributed by atoms with Gasteiger partial charge in [0.2, 0.25) is 0 Å². The van der Waals surface area contributed by atoms with Crippen LogP contribution in [0.15, 0.2) is 60.9 Å². The maximum atomic E-state index is 8.26. The molecule has 3 aromatic rings. The van der Waals surface area contributed by atoms with Gasteiger partial charge in [0, 0.05) is 5.56 Å². The highest BCUT2D eigenvalue weighted by molar-refractivity contribution is 6.15. The molecule has 2 aromatic carbocycles. The number of nitrogens with two attached hydrogens (primary N) is 2. The fraction of sp³-hybridized carbons (Fsp3) is 0.105. The van der Waals surface area contributed by atoms with Gasteiger partial charge < -0.3 is 16.2 Å². The molecule has 0 fully saturated rings. The maximum Gasteiger partial charge on any atom is 0.138 e. The first-order valence-electron chi connectivity index (χ1n) is 7.93. The first-order valence-corrected chi connectivity index (χ1v) is 7.93. The molecular weight excluding hydrogens is 314 g/mol. The quantitative estimate of drug-likeness (QED) is 0.627. The van der Waals surface area contributed by atoms with Gasteiger partial charge in [0.05, 0.1) is 11.3 Å². The van der Waals surface area contributed by atoms with E-state index in [0.29, 0.717) is 16.9 Å². The standard InChI is InChI=1S/C17H15N5O.C2H6/c18-15(14-16(19)21-10-22-17(14)20)11-6-8-13(9-7-11)23-12-4-2-1-3-5-12;1-2/h1-10,18H,(H4,19,20,21,22);1-2H3. The molecule has 0 bridgehead atoms. The van der Waals surface area contributed by atoms with E-state index in [1.54, 1.807) is 24.3 Å². The van der Waals surface area contributed by atoms with Crippen LogP contribution in [-0.2, 0) is 0 Å². The Morgan fingerprint density at radius 1 is 0.840 bits per heavy atom. The number of benzene rings is 2. The number of nitrogen functional groups attached to an aromatic ring is 2. The predicted octanol–water partition coefficient (Wildman–Crippen LogP) is 3.88. The van der Waals surface area contributed by atoms with E-state index in [4.69, 9.17) is 21.6 Å². The molecule has 6 heteroatoms. The van der Waals surface area contributed by atoms with Crippen molar-refractivity contribution in [2.45, 2.75) is 13.8 Å². The highest BCUT2D eigenvalue weighted by atomic mass is 16.5. The minimum atomic E-state index is 0.173. The zero-order valence-corrected chi connectivity index (χ0v) is 14.2. The van der Waals surface area contributed by atoms with Crippen LogP contribution in [0.1, 0.15) is 25.0 Å². The van der Waals surface area contributed by atoms with E-state index >= 15 is 0 Å². The van der Waals surface area contributed by atoms with Crippen LogP contribution in [0.2, 0.25) is 0 Å². The molecule has 5 N–H and O–H groups in total. The summed E-state index contributed by atoms with van der Waals surface area (Å²) in [6.45, 7) is 4.00. The lowest BCUT2D eigenvalue weighted by Crippen LogP contribution is -2.11. The van der Waals surface area contributed by atoms with Crippen LogP contribution >= 0.6 is 0 Å². The SMILES string of the molecule is CC.N=C(c1ccc(Oc2ccccc2)cc1)c1c(N)ncnc1N. The van der Waals surface area contributed by atoms with Gasteiger partial charge in [-0.1, -0.05) is 32.0 Å². The summed E-state index contributed by atoms with van der Waals surface area (Å²) in [5, 5.41) is 8.26. The van der Waals surface area contributed by atoms with Crippen LogP contribution in [0.5, 0.6) is 11.5 Å². The lowest BCUT2D eigenvalue weighted by atomic mass is 10.0. The lowest BCUT2D eigenvalue weighted by Gasteiger charge is -2.10. The molecule has 128 valence electrons. The van der Waals surface area contributed by atoms with Gasteiger partial charge >= 0.3 is 0 Å². The van der Waals surface area contributed by atoms with Crippen molar-refractivity contribution < 1.29 is 4.74 Å². The summed E-state index contributed by atoms with van der Waals surface area (Å²) in [5.74, 6) is 1.80. The highest BCUT2D eigenvalue weighted by Gasteiger charge is 2.14. The average Bonchev–Trinajstić information content (AvgIpc) is 2.64. The molecule has 6 nitrogen and oxygen atoms in total. The summed E-state index contributed by atoms with van der Waals surface area (Å²) < 4.78 is 5.72. The van der Waals surface area contributed by atoms with Crippen LogP contribution in [-0.4, -0.2) is 15.7 Å². The van der Waals surface area contributed by atoms with Gasteiger partial charge in [-0.3, -0.25) is 5.41 Å². The Bertz CT molecular complexity index is 812. The largest absolute Gasteiger partial charge is 0.457 e. The second-order valence-corrected chi connectivity index (χ2v) is 4.83. The van der Waals surface area contributed by atoms with Gasteiger partial charge in [-0.2, -0.15) is 0 Å². The van der Waals surface area contributed by atoms with Crippen molar-refractivity contribution in [1.82, 2.24) is 9.97 Å². The normalized spacial score (nSPS) is 9.68. The highest BCUT2D eigenvalue weighted by Crippen LogP contribution is 2.24. The fourth-order valence-electron chi connectivity index (χ4n) is 2.13. The van der Waals surface area contributed by atoms with Crippen molar-refractivity contribution >= 4 is 17.3 Å². The maximum absolute atomic E-state index is 8.26. The Balaban J connectivity index is 0.00000109. The van der Waals surface area contributed by atoms with Crippen LogP contribution in [0, 0.1) is 5.41 Å². The smallest absolute Gasteiger partial charge is 0.138 e. The minimum absolute atomic E-state index is 0.173. The third-order valence-electron chi connectivity index (χ3n) is 3.28. The third-order valence-corrected chi connectivity index (χ3v) is 3.28. The number of anilines is 2. The molecule has 1 heterocycles. The number of hydrogen-bond donors (Lipinski definition) is 3. The second kappa shape index (κ2) is 8.44. The van der Waals surface area contributed by atoms with Gasteiger partial charge in [-0.15, -0.1) is 0 Å². The van der Waals surface area contributed by atoms with E-state index in [0.717, 1.165) is 5.75 Å². The Hall–Kier alpha value is -3.41. The van der Waals surface area contributed by atoms with E-state index in [1.807, 2.05) is 44.2 Å². The van der Waals surface area contributed by atoms with Gasteiger partial charge in [-0.05, 0) is 36.4 Å². The van der Waals surface area contributed by atoms with Crippen molar-refractivity contribution in [2.75, 3.05) is 11.5 Å². The molecule has 0 atom stereocenters. The van der Waals surface area contributed by atoms with Crippen molar-refractivity contribution in [3.05, 3.63) is 72.1 Å². The summed E-state index contributed by atoms with van der Waals surface area (Å²) in [6, 6.07) is 16.6. The summed E-state index contributed by atoms with van der Waals surface area (Å²) in [5.41, 5.74) is 12.8. The average molecular weight is 335 g/mol. The predicted molar refractivity (Wildman–Crippen MR) is 101 cm³/mol. The van der Waals surface area contributed by atoms with E-state index in [9.17, 15) is 0 Å². The van der Waals surface area contributed by atoms with Gasteiger partial charge in [0.15, 0.2) is 0 Å². The molecule has 0 aliphatic carbocycles. The van der Waals surface area contributed by atoms with E-state index in [1.165, 1.54) is 6.33 Å². The Morgan fingerprint density at radius 3 is 1.92 bits per heavy atom. The zero-order valence-electron chi connectivity index (χ0n) is 14.2. The summed E-state index contributed by atoms with van der Waals surface area (Å²) in [7, 11) is 0. The molecule has 0 radical (unpaired) electrons. The summed E-state index contributed by atoms with van der Waals surface area (Å²) >= 11 is 0. The molecule has 0 aliphatic rings. The van der Waals surface area contributed by atoms with Crippen molar-refractivity contribution in [3.8, 4) is 11.5 Å². The zero-order chi connectivity index (χ0) is 18.2. The number of aromatic nitrogens is 2. The Morgan fingerprint density at radius 2 is 1.36 bits per heavy atom. The number of nitrogens with one attached hydrogen (secondary N) is 1. The van der Waals surface area contributed by atoms with Crippen molar-refractivity contribution in [2.24, 2.45) is 0 Å². The molecule has 0 saturated carbocycles. The van der Waals surface area contributed by atoms with Gasteiger partial charge in [-0.25, -0.2) is 9.97 Å². The number of ether oxygens (including phenoxy) is 1. The molecule has 0 amide bonds. The second-order valence-electron chi connectivity index (χ2n) is 4.83. The molecule has 0 saturated heterocycles. The number of rotatable bonds is 4. The molecular formula is C19H21N5O. The van der Waals surface area contributed by atoms with Crippen molar-refractivity contribution in [1.29, 1.82) is 5.41 Å². The van der Waals surface area contributed by atoms with Crippen LogP contribution in [0.3, 0.4) is 0 Å². The Labute approximate surface area is 147 Å². The first kappa shape index (κ1) is 17.9. The van der Waals surface area contributed by atoms with E-state index < -0.39 is 0 Å².